The molecule has 1 unspecified atom stereocenters. The minimum atomic E-state index is 0.592. The molecule has 0 aliphatic rings. The van der Waals surface area contributed by atoms with E-state index < -0.39 is 0 Å². The summed E-state index contributed by atoms with van der Waals surface area (Å²) in [6, 6.07) is 7.85. The Labute approximate surface area is 104 Å². The van der Waals surface area contributed by atoms with E-state index >= 15 is 0 Å². The van der Waals surface area contributed by atoms with Crippen LogP contribution in [0.2, 0.25) is 0 Å². The molecule has 0 aliphatic heterocycles. The van der Waals surface area contributed by atoms with Gasteiger partial charge in [-0.25, -0.2) is 0 Å². The fourth-order valence-corrected chi connectivity index (χ4v) is 1.69. The maximum absolute atomic E-state index is 5.76. The van der Waals surface area contributed by atoms with Gasteiger partial charge in [-0.15, -0.1) is 0 Å². The van der Waals surface area contributed by atoms with E-state index in [2.05, 4.69) is 20.4 Å². The Hall–Kier alpha value is -1.44. The van der Waals surface area contributed by atoms with Crippen LogP contribution in [0.3, 0.4) is 0 Å². The van der Waals surface area contributed by atoms with Crippen molar-refractivity contribution in [2.75, 3.05) is 13.7 Å². The molecule has 0 aromatic heterocycles. The van der Waals surface area contributed by atoms with Gasteiger partial charge in [0.15, 0.2) is 0 Å². The van der Waals surface area contributed by atoms with Crippen LogP contribution >= 0.6 is 0 Å². The molecule has 2 heteroatoms. The summed E-state index contributed by atoms with van der Waals surface area (Å²) in [5, 5.41) is 0. The van der Waals surface area contributed by atoms with E-state index in [1.807, 2.05) is 24.3 Å². The van der Waals surface area contributed by atoms with Crippen molar-refractivity contribution >= 4 is 5.76 Å². The summed E-state index contributed by atoms with van der Waals surface area (Å²) >= 11 is 0. The second-order valence-electron chi connectivity index (χ2n) is 4.36. The number of ether oxygens (including phenoxy) is 2. The number of methoxy groups -OCH3 is 1. The minimum Gasteiger partial charge on any atom is -0.497 e. The molecule has 1 aromatic rings. The van der Waals surface area contributed by atoms with Crippen molar-refractivity contribution in [3.63, 3.8) is 0 Å². The normalized spacial score (nSPS) is 11.9. The maximum Gasteiger partial charge on any atom is 0.120 e. The van der Waals surface area contributed by atoms with E-state index in [1.165, 1.54) is 12.8 Å². The molecule has 17 heavy (non-hydrogen) atoms. The first-order chi connectivity index (χ1) is 8.17. The molecule has 0 bridgehead atoms. The number of hydrogen-bond donors (Lipinski definition) is 0. The summed E-state index contributed by atoms with van der Waals surface area (Å²) in [6.45, 7) is 9.00. The summed E-state index contributed by atoms with van der Waals surface area (Å²) in [6.07, 6.45) is 2.40. The van der Waals surface area contributed by atoms with Crippen LogP contribution in [0.25, 0.3) is 5.76 Å². The molecule has 0 fully saturated rings. The highest BCUT2D eigenvalue weighted by molar-refractivity contribution is 5.58. The standard InChI is InChI=1S/C15H22O2/c1-5-7-12(2)11-17-15-9-6-8-14(10-15)13(3)16-4/h6,8-10,12H,3,5,7,11H2,1-2,4H3. The lowest BCUT2D eigenvalue weighted by Gasteiger charge is -2.13. The second kappa shape index (κ2) is 7.00. The predicted octanol–water partition coefficient (Wildman–Crippen LogP) is 4.12. The van der Waals surface area contributed by atoms with Crippen LogP contribution in [-0.2, 0) is 4.74 Å². The van der Waals surface area contributed by atoms with Crippen LogP contribution in [0.15, 0.2) is 30.8 Å². The molecule has 0 saturated carbocycles. The molecule has 0 radical (unpaired) electrons. The Kier molecular flexibility index (Phi) is 5.61. The minimum absolute atomic E-state index is 0.592. The topological polar surface area (TPSA) is 18.5 Å². The van der Waals surface area contributed by atoms with Gasteiger partial charge in [0.05, 0.1) is 13.7 Å². The van der Waals surface area contributed by atoms with E-state index in [0.717, 1.165) is 17.9 Å². The molecule has 1 rings (SSSR count). The molecule has 0 heterocycles. The van der Waals surface area contributed by atoms with Crippen molar-refractivity contribution in [2.24, 2.45) is 5.92 Å². The lowest BCUT2D eigenvalue weighted by molar-refractivity contribution is 0.251. The summed E-state index contributed by atoms with van der Waals surface area (Å²) in [7, 11) is 1.62. The molecule has 0 spiro atoms. The SMILES string of the molecule is C=C(OC)c1cccc(OCC(C)CCC)c1. The summed E-state index contributed by atoms with van der Waals surface area (Å²) in [5.74, 6) is 2.13. The Morgan fingerprint density at radius 2 is 2.18 bits per heavy atom. The Morgan fingerprint density at radius 1 is 1.41 bits per heavy atom. The third kappa shape index (κ3) is 4.51. The highest BCUT2D eigenvalue weighted by Crippen LogP contribution is 2.20. The maximum atomic E-state index is 5.76. The van der Waals surface area contributed by atoms with Crippen molar-refractivity contribution in [3.05, 3.63) is 36.4 Å². The molecule has 0 aliphatic carbocycles. The average Bonchev–Trinajstić information content (AvgIpc) is 2.36. The first kappa shape index (κ1) is 13.6. The van der Waals surface area contributed by atoms with Crippen LogP contribution in [-0.4, -0.2) is 13.7 Å². The van der Waals surface area contributed by atoms with Gasteiger partial charge >= 0.3 is 0 Å². The molecular weight excluding hydrogens is 212 g/mol. The summed E-state index contributed by atoms with van der Waals surface area (Å²) < 4.78 is 10.9. The smallest absolute Gasteiger partial charge is 0.120 e. The predicted molar refractivity (Wildman–Crippen MR) is 72.1 cm³/mol. The first-order valence-corrected chi connectivity index (χ1v) is 6.13. The first-order valence-electron chi connectivity index (χ1n) is 6.13. The lowest BCUT2D eigenvalue weighted by atomic mass is 10.1. The van der Waals surface area contributed by atoms with E-state index in [1.54, 1.807) is 7.11 Å². The van der Waals surface area contributed by atoms with Crippen LogP contribution in [0.5, 0.6) is 5.75 Å². The quantitative estimate of drug-likeness (QED) is 0.661. The number of hydrogen-bond acceptors (Lipinski definition) is 2. The molecule has 2 nitrogen and oxygen atoms in total. The average molecular weight is 234 g/mol. The Balaban J connectivity index is 2.57. The fourth-order valence-electron chi connectivity index (χ4n) is 1.69. The number of benzene rings is 1. The van der Waals surface area contributed by atoms with Crippen molar-refractivity contribution in [1.82, 2.24) is 0 Å². The van der Waals surface area contributed by atoms with Gasteiger partial charge in [0.2, 0.25) is 0 Å². The van der Waals surface area contributed by atoms with Crippen LogP contribution in [0.4, 0.5) is 0 Å². The van der Waals surface area contributed by atoms with E-state index in [4.69, 9.17) is 9.47 Å². The highest BCUT2D eigenvalue weighted by Gasteiger charge is 2.04. The largest absolute Gasteiger partial charge is 0.497 e. The molecular formula is C15H22O2. The van der Waals surface area contributed by atoms with Gasteiger partial charge in [0, 0.05) is 5.56 Å². The van der Waals surface area contributed by atoms with Crippen molar-refractivity contribution in [3.8, 4) is 5.75 Å². The Morgan fingerprint density at radius 3 is 2.82 bits per heavy atom. The van der Waals surface area contributed by atoms with Gasteiger partial charge in [-0.1, -0.05) is 39.0 Å². The third-order valence-electron chi connectivity index (χ3n) is 2.72. The summed E-state index contributed by atoms with van der Waals surface area (Å²) in [4.78, 5) is 0. The number of rotatable bonds is 7. The van der Waals surface area contributed by atoms with Crippen LogP contribution < -0.4 is 4.74 Å². The zero-order chi connectivity index (χ0) is 12.7. The molecule has 0 saturated heterocycles. The second-order valence-corrected chi connectivity index (χ2v) is 4.36. The van der Waals surface area contributed by atoms with Gasteiger partial charge in [-0.2, -0.15) is 0 Å². The third-order valence-corrected chi connectivity index (χ3v) is 2.72. The molecule has 1 aromatic carbocycles. The van der Waals surface area contributed by atoms with E-state index in [-0.39, 0.29) is 0 Å². The molecule has 0 amide bonds. The van der Waals surface area contributed by atoms with Gasteiger partial charge < -0.3 is 9.47 Å². The van der Waals surface area contributed by atoms with Gasteiger partial charge in [-0.05, 0) is 24.5 Å². The van der Waals surface area contributed by atoms with Crippen molar-refractivity contribution < 1.29 is 9.47 Å². The van der Waals surface area contributed by atoms with Gasteiger partial charge in [0.1, 0.15) is 11.5 Å². The monoisotopic (exact) mass is 234 g/mol. The van der Waals surface area contributed by atoms with Crippen molar-refractivity contribution in [1.29, 1.82) is 0 Å². The lowest BCUT2D eigenvalue weighted by Crippen LogP contribution is -2.08. The highest BCUT2D eigenvalue weighted by atomic mass is 16.5. The Bertz CT molecular complexity index is 358. The zero-order valence-corrected chi connectivity index (χ0v) is 11.0. The molecule has 1 atom stereocenters. The van der Waals surface area contributed by atoms with Crippen LogP contribution in [0.1, 0.15) is 32.3 Å². The zero-order valence-electron chi connectivity index (χ0n) is 11.0. The van der Waals surface area contributed by atoms with Gasteiger partial charge in [0.25, 0.3) is 0 Å². The fraction of sp³-hybridized carbons (Fsp3) is 0.467. The van der Waals surface area contributed by atoms with Crippen LogP contribution in [0, 0.1) is 5.92 Å². The summed E-state index contributed by atoms with van der Waals surface area (Å²) in [5.41, 5.74) is 0.966. The molecule has 0 N–H and O–H groups in total. The molecule has 94 valence electrons. The van der Waals surface area contributed by atoms with Crippen molar-refractivity contribution in [2.45, 2.75) is 26.7 Å². The van der Waals surface area contributed by atoms with E-state index in [0.29, 0.717) is 11.7 Å². The van der Waals surface area contributed by atoms with E-state index in [9.17, 15) is 0 Å². The van der Waals surface area contributed by atoms with Gasteiger partial charge in [-0.3, -0.25) is 0 Å².